The molecule has 0 aliphatic carbocycles. The summed E-state index contributed by atoms with van der Waals surface area (Å²) in [4.78, 5) is 23.6. The molecule has 2 heterocycles. The molecule has 0 aromatic heterocycles. The maximum atomic E-state index is 11.8. The first-order valence-electron chi connectivity index (χ1n) is 5.09. The average molecular weight is 311 g/mol. The molecule has 2 rings (SSSR count). The zero-order valence-corrected chi connectivity index (χ0v) is 12.7. The van der Waals surface area contributed by atoms with Gasteiger partial charge in [-0.05, 0) is 0 Å². The van der Waals surface area contributed by atoms with E-state index in [0.29, 0.717) is 0 Å². The normalized spacial score (nSPS) is 32.3. The van der Waals surface area contributed by atoms with Crippen molar-refractivity contribution in [3.05, 3.63) is 0 Å². The summed E-state index contributed by atoms with van der Waals surface area (Å²) >= 11 is 9.79. The molecule has 0 N–H and O–H groups in total. The first kappa shape index (κ1) is 14.0. The van der Waals surface area contributed by atoms with Crippen molar-refractivity contribution < 1.29 is 27.7 Å². The number of hydrogen-bond acceptors (Lipinski definition) is 8. The standard InChI is InChI=1S/C9H13O6PS2/c1-8(2)5(10)12-16(14-8,7(17)18)13-6(11)9(3,4)15-16/h1-4H3,(H,17,18)/p-1. The van der Waals surface area contributed by atoms with Crippen molar-refractivity contribution in [3.63, 3.8) is 0 Å². The molecule has 0 radical (unpaired) electrons. The number of carbonyl (C=O) groups excluding carboxylic acids is 2. The monoisotopic (exact) mass is 311 g/mol. The molecule has 0 amide bonds. The van der Waals surface area contributed by atoms with Gasteiger partial charge < -0.3 is 0 Å². The van der Waals surface area contributed by atoms with E-state index in [0.717, 1.165) is 0 Å². The summed E-state index contributed by atoms with van der Waals surface area (Å²) in [6, 6.07) is 0. The van der Waals surface area contributed by atoms with E-state index in [1.54, 1.807) is 0 Å². The van der Waals surface area contributed by atoms with Gasteiger partial charge in [-0.3, -0.25) is 0 Å². The topological polar surface area (TPSA) is 71.1 Å². The minimum atomic E-state index is -4.63. The molecule has 0 bridgehead atoms. The van der Waals surface area contributed by atoms with Crippen molar-refractivity contribution in [1.29, 1.82) is 0 Å². The molecular formula is C9H12O6PS2-. The predicted octanol–water partition coefficient (Wildman–Crippen LogP) is 1.74. The van der Waals surface area contributed by atoms with E-state index in [1.165, 1.54) is 27.7 Å². The van der Waals surface area contributed by atoms with Crippen LogP contribution in [0.4, 0.5) is 0 Å². The Labute approximate surface area is 115 Å². The van der Waals surface area contributed by atoms with Crippen molar-refractivity contribution in [2.75, 3.05) is 0 Å². The second-order valence-electron chi connectivity index (χ2n) is 5.04. The maximum absolute atomic E-state index is 11.8. The molecule has 1 spiro atoms. The first-order valence-corrected chi connectivity index (χ1v) is 7.81. The van der Waals surface area contributed by atoms with E-state index < -0.39 is 30.7 Å². The van der Waals surface area contributed by atoms with Crippen LogP contribution in [0.5, 0.6) is 0 Å². The van der Waals surface area contributed by atoms with Crippen molar-refractivity contribution in [3.8, 4) is 0 Å². The molecule has 0 unspecified atom stereocenters. The van der Waals surface area contributed by atoms with Gasteiger partial charge in [-0.25, -0.2) is 0 Å². The number of carbonyl (C=O) groups is 2. The Kier molecular flexibility index (Phi) is 2.63. The second-order valence-corrected chi connectivity index (χ2v) is 9.52. The summed E-state index contributed by atoms with van der Waals surface area (Å²) in [6.45, 7) is 5.86. The fourth-order valence-corrected chi connectivity index (χ4v) is 5.78. The SMILES string of the molecule is CC1(C)OP2(C(=S)[S-])(OC1=O)OC(=O)C(C)(C)O2. The van der Waals surface area contributed by atoms with Gasteiger partial charge in [0.05, 0.1) is 0 Å². The molecule has 2 aliphatic heterocycles. The van der Waals surface area contributed by atoms with Crippen molar-refractivity contribution in [2.45, 2.75) is 38.9 Å². The van der Waals surface area contributed by atoms with Crippen LogP contribution in [0, 0.1) is 0 Å². The van der Waals surface area contributed by atoms with Crippen LogP contribution < -0.4 is 0 Å². The summed E-state index contributed by atoms with van der Waals surface area (Å²) in [5.41, 5.74) is -2.66. The fraction of sp³-hybridized carbons (Fsp3) is 0.667. The molecule has 102 valence electrons. The van der Waals surface area contributed by atoms with Crippen LogP contribution in [-0.4, -0.2) is 27.1 Å². The molecule has 0 saturated carbocycles. The molecule has 0 atom stereocenters. The van der Waals surface area contributed by atoms with Crippen molar-refractivity contribution in [2.24, 2.45) is 0 Å². The Hall–Kier alpha value is -0.400. The van der Waals surface area contributed by atoms with Crippen LogP contribution in [0.2, 0.25) is 0 Å². The van der Waals surface area contributed by atoms with Gasteiger partial charge in [0.25, 0.3) is 0 Å². The number of rotatable bonds is 1. The van der Waals surface area contributed by atoms with Gasteiger partial charge in [-0.2, -0.15) is 0 Å². The predicted molar refractivity (Wildman–Crippen MR) is 69.4 cm³/mol. The van der Waals surface area contributed by atoms with Crippen molar-refractivity contribution in [1.82, 2.24) is 0 Å². The summed E-state index contributed by atoms with van der Waals surface area (Å²) in [5.74, 6) is -1.45. The Bertz CT molecular complexity index is 449. The summed E-state index contributed by atoms with van der Waals surface area (Å²) in [5, 5.41) is 0. The molecule has 9 heteroatoms. The van der Waals surface area contributed by atoms with E-state index in [9.17, 15) is 9.59 Å². The first-order chi connectivity index (χ1) is 7.93. The van der Waals surface area contributed by atoms with Crippen LogP contribution >= 0.6 is 19.7 Å². The number of hydrogen-bond donors (Lipinski definition) is 0. The van der Waals surface area contributed by atoms with Gasteiger partial charge in [-0.1, -0.05) is 0 Å². The Morgan fingerprint density at radius 1 is 1.06 bits per heavy atom. The van der Waals surface area contributed by atoms with E-state index >= 15 is 0 Å². The Morgan fingerprint density at radius 2 is 1.39 bits per heavy atom. The summed E-state index contributed by atoms with van der Waals surface area (Å²) < 4.78 is 21.0. The minimum absolute atomic E-state index is 0.321. The molecule has 2 saturated heterocycles. The molecule has 2 aliphatic rings. The van der Waals surface area contributed by atoms with Gasteiger partial charge in [-0.15, -0.1) is 0 Å². The third-order valence-electron chi connectivity index (χ3n) is 2.53. The van der Waals surface area contributed by atoms with Gasteiger partial charge in [0.2, 0.25) is 0 Å². The second kappa shape index (κ2) is 3.37. The molecule has 0 aromatic rings. The third kappa shape index (κ3) is 1.60. The van der Waals surface area contributed by atoms with E-state index in [1.807, 2.05) is 0 Å². The molecule has 6 nitrogen and oxygen atoms in total. The Morgan fingerprint density at radius 3 is 1.56 bits per heavy atom. The van der Waals surface area contributed by atoms with Gasteiger partial charge in [0, 0.05) is 0 Å². The molecule has 2 fully saturated rings. The van der Waals surface area contributed by atoms with Gasteiger partial charge in [0.1, 0.15) is 0 Å². The van der Waals surface area contributed by atoms with E-state index in [4.69, 9.17) is 42.9 Å². The van der Waals surface area contributed by atoms with Crippen LogP contribution in [0.1, 0.15) is 27.7 Å². The van der Waals surface area contributed by atoms with Crippen LogP contribution in [-0.2, 0) is 40.3 Å². The average Bonchev–Trinajstić information content (AvgIpc) is 2.45. The molecule has 0 aromatic carbocycles. The van der Waals surface area contributed by atoms with Gasteiger partial charge >= 0.3 is 115 Å². The van der Waals surface area contributed by atoms with Crippen LogP contribution in [0.15, 0.2) is 0 Å². The summed E-state index contributed by atoms with van der Waals surface area (Å²) in [6.07, 6.45) is 0. The van der Waals surface area contributed by atoms with E-state index in [-0.39, 0.29) is 3.94 Å². The van der Waals surface area contributed by atoms with Crippen molar-refractivity contribution >= 4 is 48.2 Å². The van der Waals surface area contributed by atoms with Crippen LogP contribution in [0.25, 0.3) is 0 Å². The zero-order valence-electron chi connectivity index (χ0n) is 10.2. The van der Waals surface area contributed by atoms with E-state index in [2.05, 4.69) is 0 Å². The van der Waals surface area contributed by atoms with Crippen LogP contribution in [0.3, 0.4) is 0 Å². The molecule has 18 heavy (non-hydrogen) atoms. The zero-order chi connectivity index (χ0) is 14.0. The quantitative estimate of drug-likeness (QED) is 0.412. The third-order valence-corrected chi connectivity index (χ3v) is 7.42. The Balaban J connectivity index is 2.59. The summed E-state index contributed by atoms with van der Waals surface area (Å²) in [7, 11) is -4.63. The molecular weight excluding hydrogens is 299 g/mol. The van der Waals surface area contributed by atoms with Gasteiger partial charge in [0.15, 0.2) is 0 Å². The fourth-order valence-electron chi connectivity index (χ4n) is 1.63. The number of thiocarbonyl (C=S) groups is 1.